The minimum Gasteiger partial charge on any atom is -0.382 e. The molecule has 0 bridgehead atoms. The first-order valence-electron chi connectivity index (χ1n) is 22.3. The highest BCUT2D eigenvalue weighted by Gasteiger charge is 2.45. The molecule has 4 saturated heterocycles. The number of aromatic nitrogens is 2. The normalized spacial score (nSPS) is 25.0. The number of nitrogens with one attached hydrogen (secondary N) is 3. The van der Waals surface area contributed by atoms with Crippen LogP contribution in [0.15, 0.2) is 60.9 Å². The number of benzene rings is 2. The summed E-state index contributed by atoms with van der Waals surface area (Å²) in [7, 11) is 1.84. The number of hydrogen-bond acceptors (Lipinski definition) is 11. The van der Waals surface area contributed by atoms with Gasteiger partial charge >= 0.3 is 6.03 Å². The van der Waals surface area contributed by atoms with E-state index in [1.807, 2.05) is 30.1 Å². The number of hydrogen-bond donors (Lipinski definition) is 4. The largest absolute Gasteiger partial charge is 0.382 e. The molecule has 1 unspecified atom stereocenters. The van der Waals surface area contributed by atoms with Gasteiger partial charge in [0.05, 0.1) is 23.4 Å². The highest BCUT2D eigenvalue weighted by atomic mass is 16.2. The minimum absolute atomic E-state index is 0.0659. The van der Waals surface area contributed by atoms with Crippen molar-refractivity contribution < 1.29 is 24.0 Å². The summed E-state index contributed by atoms with van der Waals surface area (Å²) in [4.78, 5) is 83.6. The summed E-state index contributed by atoms with van der Waals surface area (Å²) in [5.41, 5.74) is 9.90. The molecule has 9 rings (SSSR count). The molecule has 1 aromatic heterocycles. The van der Waals surface area contributed by atoms with Crippen LogP contribution < -0.4 is 26.6 Å². The van der Waals surface area contributed by atoms with Crippen molar-refractivity contribution in [2.45, 2.75) is 88.3 Å². The highest BCUT2D eigenvalue weighted by molar-refractivity contribution is 6.25. The van der Waals surface area contributed by atoms with Crippen LogP contribution in [0.4, 0.5) is 27.8 Å². The first-order valence-corrected chi connectivity index (χ1v) is 22.3. The van der Waals surface area contributed by atoms with Gasteiger partial charge in [-0.3, -0.25) is 24.1 Å². The molecule has 5 fully saturated rings. The zero-order valence-corrected chi connectivity index (χ0v) is 35.5. The number of nitrogens with two attached hydrogens (primary N) is 1. The Hall–Kier alpha value is -6.03. The van der Waals surface area contributed by atoms with Gasteiger partial charge in [0.25, 0.3) is 17.7 Å². The Morgan fingerprint density at radius 2 is 1.68 bits per heavy atom. The Balaban J connectivity index is 0.748. The topological polar surface area (TPSA) is 189 Å². The standard InChI is InChI=1S/C46H57N11O5/c1-28-8-17-37(43(59)49-28)57-44(60)35-6-3-7-36(39(35)45(57)61)50-32-13-9-29(10-14-32)26-54-21-18-31(19-22-54)30-11-15-33(16-12-30)51-42-40(41(47)58)48-25-38(52-42)55-20-4-5-34(27-55)56-24-23-53(2)46(56)62/h3,6-7,11-12,15-16,25,29,31-32,34,37,50H,1,4-5,8-10,13-14,17-24,26-27H2,2H3,(H2,47,58)(H,49,59)(H,51,52)/t29-,32-,34-,37?/m1/s1. The average molecular weight is 844 g/mol. The molecule has 1 aliphatic carbocycles. The van der Waals surface area contributed by atoms with Crippen molar-refractivity contribution in [3.05, 3.63) is 83.3 Å². The maximum Gasteiger partial charge on any atom is 0.320 e. The lowest BCUT2D eigenvalue weighted by Crippen LogP contribution is -2.51. The van der Waals surface area contributed by atoms with Gasteiger partial charge in [0.1, 0.15) is 11.9 Å². The number of rotatable bonds is 11. The Morgan fingerprint density at radius 3 is 2.39 bits per heavy atom. The molecule has 0 spiro atoms. The number of imide groups is 1. The van der Waals surface area contributed by atoms with Crippen LogP contribution in [0, 0.1) is 5.92 Å². The molecule has 16 nitrogen and oxygen atoms in total. The molecule has 16 heteroatoms. The fraction of sp³-hybridized carbons (Fsp3) is 0.500. The molecule has 2 atom stereocenters. The fourth-order valence-electron chi connectivity index (χ4n) is 10.4. The van der Waals surface area contributed by atoms with E-state index in [0.29, 0.717) is 65.4 Å². The van der Waals surface area contributed by atoms with Gasteiger partial charge in [0.15, 0.2) is 11.5 Å². The summed E-state index contributed by atoms with van der Waals surface area (Å²) in [5, 5.41) is 9.62. The quantitative estimate of drug-likeness (QED) is 0.192. The minimum atomic E-state index is -0.827. The number of allylic oxidation sites excluding steroid dienone is 1. The van der Waals surface area contributed by atoms with Gasteiger partial charge in [-0.15, -0.1) is 0 Å². The summed E-state index contributed by atoms with van der Waals surface area (Å²) >= 11 is 0. The highest BCUT2D eigenvalue weighted by Crippen LogP contribution is 2.36. The number of urea groups is 1. The van der Waals surface area contributed by atoms with Crippen LogP contribution in [0.5, 0.6) is 0 Å². The second kappa shape index (κ2) is 17.4. The molecule has 6 aliphatic rings. The average Bonchev–Trinajstić information content (AvgIpc) is 3.75. The number of amides is 6. The molecule has 62 heavy (non-hydrogen) atoms. The van der Waals surface area contributed by atoms with Crippen LogP contribution in [0.1, 0.15) is 107 Å². The summed E-state index contributed by atoms with van der Waals surface area (Å²) < 4.78 is 0. The number of anilines is 4. The number of carbonyl (C=O) groups is 5. The first-order chi connectivity index (χ1) is 30.0. The maximum atomic E-state index is 13.6. The Labute approximate surface area is 362 Å². The van der Waals surface area contributed by atoms with Crippen molar-refractivity contribution in [1.82, 2.24) is 34.9 Å². The van der Waals surface area contributed by atoms with E-state index in [1.54, 1.807) is 23.2 Å². The maximum absolute atomic E-state index is 13.6. The lowest BCUT2D eigenvalue weighted by atomic mass is 9.84. The summed E-state index contributed by atoms with van der Waals surface area (Å²) in [6, 6.07) is 13.3. The van der Waals surface area contributed by atoms with E-state index in [4.69, 9.17) is 10.7 Å². The molecule has 6 amide bonds. The van der Waals surface area contributed by atoms with Crippen molar-refractivity contribution in [3.8, 4) is 0 Å². The number of fused-ring (bicyclic) bond motifs is 1. The first kappa shape index (κ1) is 41.3. The third-order valence-corrected chi connectivity index (χ3v) is 13.9. The van der Waals surface area contributed by atoms with Crippen LogP contribution in [-0.2, 0) is 4.79 Å². The predicted molar refractivity (Wildman–Crippen MR) is 235 cm³/mol. The predicted octanol–water partition coefficient (Wildman–Crippen LogP) is 4.89. The van der Waals surface area contributed by atoms with Gasteiger partial charge in [-0.05, 0) is 119 Å². The van der Waals surface area contributed by atoms with Crippen molar-refractivity contribution in [3.63, 3.8) is 0 Å². The molecule has 5 aliphatic heterocycles. The molecule has 2 aromatic carbocycles. The number of nitrogens with zero attached hydrogens (tertiary/aromatic N) is 7. The zero-order valence-electron chi connectivity index (χ0n) is 35.5. The zero-order chi connectivity index (χ0) is 43.1. The molecule has 5 N–H and O–H groups in total. The van der Waals surface area contributed by atoms with E-state index >= 15 is 0 Å². The van der Waals surface area contributed by atoms with Crippen LogP contribution in [0.3, 0.4) is 0 Å². The van der Waals surface area contributed by atoms with Crippen molar-refractivity contribution in [1.29, 1.82) is 0 Å². The lowest BCUT2D eigenvalue weighted by molar-refractivity contribution is -0.125. The van der Waals surface area contributed by atoms with Crippen LogP contribution in [0.2, 0.25) is 0 Å². The van der Waals surface area contributed by atoms with Gasteiger partial charge in [0.2, 0.25) is 5.91 Å². The molecule has 0 radical (unpaired) electrons. The summed E-state index contributed by atoms with van der Waals surface area (Å²) in [6.07, 6.45) is 10.7. The lowest BCUT2D eigenvalue weighted by Gasteiger charge is -2.37. The van der Waals surface area contributed by atoms with Gasteiger partial charge in [-0.1, -0.05) is 24.8 Å². The van der Waals surface area contributed by atoms with E-state index in [-0.39, 0.29) is 29.7 Å². The molecular formula is C46H57N11O5. The van der Waals surface area contributed by atoms with E-state index in [0.717, 1.165) is 101 Å². The van der Waals surface area contributed by atoms with Gasteiger partial charge in [0, 0.05) is 62.9 Å². The molecule has 6 heterocycles. The van der Waals surface area contributed by atoms with Gasteiger partial charge in [-0.2, -0.15) is 0 Å². The SMILES string of the molecule is C=C1CCC(N2C(=O)c3cccc(N[C@H]4CC[C@H](CN5CCC(c6ccc(Nc7nc(N8CCC[C@@H](N9CCN(C)C9=O)C8)cnc7C(N)=O)cc6)CC5)CC4)c3C2=O)C(=O)N1. The van der Waals surface area contributed by atoms with Crippen molar-refractivity contribution in [2.75, 3.05) is 68.4 Å². The number of primary amides is 1. The summed E-state index contributed by atoms with van der Waals surface area (Å²) in [6.45, 7) is 9.89. The number of likely N-dealkylation sites (tertiary alicyclic amines) is 1. The van der Waals surface area contributed by atoms with E-state index < -0.39 is 23.8 Å². The van der Waals surface area contributed by atoms with Gasteiger partial charge in [-0.25, -0.2) is 14.8 Å². The number of carbonyl (C=O) groups excluding carboxylic acids is 5. The van der Waals surface area contributed by atoms with E-state index in [1.165, 1.54) is 5.56 Å². The van der Waals surface area contributed by atoms with Crippen molar-refractivity contribution in [2.24, 2.45) is 11.7 Å². The second-order valence-corrected chi connectivity index (χ2v) is 18.0. The second-order valence-electron chi connectivity index (χ2n) is 18.0. The number of piperidine rings is 3. The van der Waals surface area contributed by atoms with Crippen LogP contribution in [0.25, 0.3) is 0 Å². The Bertz CT molecular complexity index is 2250. The van der Waals surface area contributed by atoms with E-state index in [9.17, 15) is 24.0 Å². The smallest absolute Gasteiger partial charge is 0.320 e. The number of likely N-dealkylation sites (N-methyl/N-ethyl adjacent to an activating group) is 1. The Morgan fingerprint density at radius 1 is 0.903 bits per heavy atom. The molecule has 1 saturated carbocycles. The molecule has 326 valence electrons. The monoisotopic (exact) mass is 843 g/mol. The third-order valence-electron chi connectivity index (χ3n) is 13.9. The van der Waals surface area contributed by atoms with Crippen molar-refractivity contribution >= 4 is 52.7 Å². The molecular weight excluding hydrogens is 787 g/mol. The fourth-order valence-corrected chi connectivity index (χ4v) is 10.4. The van der Waals surface area contributed by atoms with E-state index in [2.05, 4.69) is 49.4 Å². The van der Waals surface area contributed by atoms with Crippen LogP contribution in [-0.4, -0.2) is 130 Å². The Kier molecular flexibility index (Phi) is 11.6. The van der Waals surface area contributed by atoms with Crippen LogP contribution >= 0.6 is 0 Å². The summed E-state index contributed by atoms with van der Waals surface area (Å²) in [5.74, 6) is 0.203. The van der Waals surface area contributed by atoms with Gasteiger partial charge < -0.3 is 41.3 Å². The molecule has 3 aromatic rings. The third kappa shape index (κ3) is 8.31.